The molecule has 10 nitrogen and oxygen atoms in total. The topological polar surface area (TPSA) is 118 Å². The minimum atomic E-state index is -3.82. The fourth-order valence-electron chi connectivity index (χ4n) is 5.99. The zero-order chi connectivity index (χ0) is 31.3. The van der Waals surface area contributed by atoms with Gasteiger partial charge in [-0.25, -0.2) is 27.2 Å². The number of hydrogen-bond donors (Lipinski definition) is 0. The molecule has 1 saturated carbocycles. The second-order valence-electron chi connectivity index (χ2n) is 11.2. The molecule has 4 aromatic rings. The molecule has 6 rings (SSSR count). The minimum Gasteiger partial charge on any atom is -0.350 e. The van der Waals surface area contributed by atoms with Gasteiger partial charge in [0.25, 0.3) is 0 Å². The fraction of sp³-hybridized carbons (Fsp3) is 0.323. The van der Waals surface area contributed by atoms with E-state index in [1.54, 1.807) is 11.0 Å². The van der Waals surface area contributed by atoms with Crippen LogP contribution in [0.25, 0.3) is 28.0 Å². The van der Waals surface area contributed by atoms with Gasteiger partial charge in [0.2, 0.25) is 5.91 Å². The maximum Gasteiger partial charge on any atom is 0.355 e. The van der Waals surface area contributed by atoms with Crippen LogP contribution in [0.2, 0.25) is 5.02 Å². The van der Waals surface area contributed by atoms with E-state index >= 15 is 4.39 Å². The molecule has 0 radical (unpaired) electrons. The van der Waals surface area contributed by atoms with Gasteiger partial charge in [0.1, 0.15) is 17.3 Å². The van der Waals surface area contributed by atoms with Crippen molar-refractivity contribution in [2.45, 2.75) is 43.0 Å². The van der Waals surface area contributed by atoms with Crippen LogP contribution in [0.1, 0.15) is 37.7 Å². The van der Waals surface area contributed by atoms with Gasteiger partial charge in [-0.05, 0) is 55.5 Å². The molecular weight excluding hydrogens is 607 g/mol. The first-order valence-corrected chi connectivity index (χ1v) is 16.5. The van der Waals surface area contributed by atoms with Crippen molar-refractivity contribution in [3.8, 4) is 16.9 Å². The lowest BCUT2D eigenvalue weighted by Crippen LogP contribution is -2.54. The Morgan fingerprint density at radius 3 is 2.59 bits per heavy atom. The fourth-order valence-corrected chi connectivity index (χ4v) is 7.08. The Morgan fingerprint density at radius 2 is 1.95 bits per heavy atom. The third-order valence-corrected chi connectivity index (χ3v) is 9.87. The normalized spacial score (nSPS) is 17.5. The maximum atomic E-state index is 16.0. The molecule has 0 unspecified atom stereocenters. The highest BCUT2D eigenvalue weighted by atomic mass is 35.5. The van der Waals surface area contributed by atoms with Gasteiger partial charge in [0.15, 0.2) is 15.5 Å². The summed E-state index contributed by atoms with van der Waals surface area (Å²) < 4.78 is 43.4. The van der Waals surface area contributed by atoms with E-state index in [0.717, 1.165) is 25.5 Å². The second kappa shape index (κ2) is 11.4. The summed E-state index contributed by atoms with van der Waals surface area (Å²) in [6.45, 7) is 6.43. The number of carbonyl (C=O) groups is 1. The first-order valence-electron chi connectivity index (χ1n) is 14.2. The largest absolute Gasteiger partial charge is 0.355 e. The number of aromatic nitrogens is 4. The first-order chi connectivity index (χ1) is 21.0. The molecule has 0 N–H and O–H groups in total. The number of para-hydroxylation sites is 1. The monoisotopic (exact) mass is 636 g/mol. The van der Waals surface area contributed by atoms with E-state index < -0.39 is 21.3 Å². The average molecular weight is 637 g/mol. The molecular formula is C31H30ClFN6O4S. The smallest absolute Gasteiger partial charge is 0.350 e. The highest BCUT2D eigenvalue weighted by Gasteiger charge is 2.33. The van der Waals surface area contributed by atoms with Crippen molar-refractivity contribution < 1.29 is 17.6 Å². The molecule has 1 atom stereocenters. The van der Waals surface area contributed by atoms with Crippen LogP contribution in [-0.2, 0) is 14.6 Å². The van der Waals surface area contributed by atoms with Crippen molar-refractivity contribution in [3.05, 3.63) is 82.3 Å². The first kappa shape index (κ1) is 29.9. The Kier molecular flexibility index (Phi) is 7.75. The van der Waals surface area contributed by atoms with E-state index in [9.17, 15) is 18.0 Å². The van der Waals surface area contributed by atoms with E-state index in [0.29, 0.717) is 25.2 Å². The molecule has 2 fully saturated rings. The van der Waals surface area contributed by atoms with E-state index in [-0.39, 0.29) is 61.6 Å². The number of benzene rings is 1. The summed E-state index contributed by atoms with van der Waals surface area (Å²) in [4.78, 5) is 43.1. The van der Waals surface area contributed by atoms with Crippen LogP contribution in [0.5, 0.6) is 0 Å². The van der Waals surface area contributed by atoms with Crippen molar-refractivity contribution in [1.82, 2.24) is 24.4 Å². The number of piperazine rings is 1. The summed E-state index contributed by atoms with van der Waals surface area (Å²) in [5.74, 6) is -0.700. The predicted molar refractivity (Wildman–Crippen MR) is 167 cm³/mol. The third kappa shape index (κ3) is 5.15. The summed E-state index contributed by atoms with van der Waals surface area (Å²) in [5.41, 5.74) is 0.205. The number of fused-ring (bicyclic) bond motifs is 1. The zero-order valence-corrected chi connectivity index (χ0v) is 25.8. The second-order valence-corrected chi connectivity index (χ2v) is 13.6. The molecule has 1 aliphatic heterocycles. The Hall–Kier alpha value is -4.16. The number of amides is 1. The van der Waals surface area contributed by atoms with Gasteiger partial charge in [-0.3, -0.25) is 9.78 Å². The number of sulfone groups is 1. The Bertz CT molecular complexity index is 2000. The number of carbonyl (C=O) groups excluding carboxylic acids is 1. The van der Waals surface area contributed by atoms with Crippen molar-refractivity contribution in [2.24, 2.45) is 0 Å². The van der Waals surface area contributed by atoms with Crippen LogP contribution in [0.4, 0.5) is 10.2 Å². The summed E-state index contributed by atoms with van der Waals surface area (Å²) in [5, 5.41) is 0.418. The molecule has 13 heteroatoms. The number of anilines is 1. The SMILES string of the molecule is C=CC(=O)N1CCN(c2nc(=O)n(-c3c(C4CCC4)cccc3S(C)(=O)=O)c3nc(-c4cnccc4Cl)c(F)cc23)[C@@H](C)C1. The molecule has 1 aliphatic carbocycles. The lowest BCUT2D eigenvalue weighted by Gasteiger charge is -2.40. The molecule has 0 spiro atoms. The van der Waals surface area contributed by atoms with Gasteiger partial charge in [-0.1, -0.05) is 36.7 Å². The molecule has 1 aromatic carbocycles. The van der Waals surface area contributed by atoms with Crippen molar-refractivity contribution in [1.29, 1.82) is 0 Å². The Morgan fingerprint density at radius 1 is 1.18 bits per heavy atom. The Balaban J connectivity index is 1.67. The van der Waals surface area contributed by atoms with Crippen LogP contribution in [-0.4, -0.2) is 70.7 Å². The number of hydrogen-bond acceptors (Lipinski definition) is 8. The zero-order valence-electron chi connectivity index (χ0n) is 24.2. The quantitative estimate of drug-likeness (QED) is 0.283. The van der Waals surface area contributed by atoms with Crippen LogP contribution >= 0.6 is 11.6 Å². The van der Waals surface area contributed by atoms with E-state index in [4.69, 9.17) is 11.6 Å². The molecule has 3 aromatic heterocycles. The highest BCUT2D eigenvalue weighted by molar-refractivity contribution is 7.90. The number of rotatable bonds is 6. The molecule has 228 valence electrons. The molecule has 1 amide bonds. The van der Waals surface area contributed by atoms with Crippen LogP contribution in [0, 0.1) is 5.82 Å². The summed E-state index contributed by atoms with van der Waals surface area (Å²) >= 11 is 6.42. The van der Waals surface area contributed by atoms with Gasteiger partial charge in [0, 0.05) is 49.9 Å². The van der Waals surface area contributed by atoms with Gasteiger partial charge in [0.05, 0.1) is 21.0 Å². The highest BCUT2D eigenvalue weighted by Crippen LogP contribution is 2.42. The minimum absolute atomic E-state index is 0.0322. The number of halogens is 2. The molecule has 4 heterocycles. The average Bonchev–Trinajstić information content (AvgIpc) is 2.95. The van der Waals surface area contributed by atoms with E-state index in [1.165, 1.54) is 41.2 Å². The van der Waals surface area contributed by atoms with Crippen molar-refractivity contribution >= 4 is 44.2 Å². The predicted octanol–water partition coefficient (Wildman–Crippen LogP) is 4.53. The van der Waals surface area contributed by atoms with Crippen LogP contribution < -0.4 is 10.6 Å². The number of pyridine rings is 2. The standard InChI is InChI=1S/C31H30ClFN6O4S/c1-4-26(40)37-13-14-38(18(2)17-37)29-21-15-24(33)27(22-16-34-12-11-23(22)32)35-30(21)39(31(41)36-29)28-20(19-7-5-8-19)9-6-10-25(28)44(3,42)43/h4,6,9-12,15-16,18-19H,1,5,7-8,13-14,17H2,2-3H3/t18-/m0/s1. The third-order valence-electron chi connectivity index (χ3n) is 8.41. The molecule has 1 saturated heterocycles. The van der Waals surface area contributed by atoms with Crippen molar-refractivity contribution in [2.75, 3.05) is 30.8 Å². The lowest BCUT2D eigenvalue weighted by molar-refractivity contribution is -0.126. The van der Waals surface area contributed by atoms with Crippen molar-refractivity contribution in [3.63, 3.8) is 0 Å². The number of nitrogens with zero attached hydrogens (tertiary/aromatic N) is 6. The maximum absolute atomic E-state index is 16.0. The summed E-state index contributed by atoms with van der Waals surface area (Å²) in [6, 6.07) is 7.41. The lowest BCUT2D eigenvalue weighted by atomic mass is 9.79. The molecule has 2 aliphatic rings. The van der Waals surface area contributed by atoms with E-state index in [1.807, 2.05) is 17.9 Å². The molecule has 0 bridgehead atoms. The van der Waals surface area contributed by atoms with E-state index in [2.05, 4.69) is 21.5 Å². The summed E-state index contributed by atoms with van der Waals surface area (Å²) in [6.07, 6.45) is 7.84. The Labute approximate surface area is 258 Å². The summed E-state index contributed by atoms with van der Waals surface area (Å²) in [7, 11) is -3.82. The van der Waals surface area contributed by atoms with Gasteiger partial charge < -0.3 is 9.80 Å². The van der Waals surface area contributed by atoms with Crippen LogP contribution in [0.15, 0.2) is 65.1 Å². The van der Waals surface area contributed by atoms with Gasteiger partial charge in [-0.15, -0.1) is 0 Å². The molecule has 44 heavy (non-hydrogen) atoms. The van der Waals surface area contributed by atoms with Gasteiger partial charge >= 0.3 is 5.69 Å². The van der Waals surface area contributed by atoms with Crippen LogP contribution in [0.3, 0.4) is 0 Å². The van der Waals surface area contributed by atoms with Gasteiger partial charge in [-0.2, -0.15) is 4.98 Å².